The van der Waals surface area contributed by atoms with E-state index in [2.05, 4.69) is 5.32 Å². The summed E-state index contributed by atoms with van der Waals surface area (Å²) >= 11 is 5.97. The van der Waals surface area contributed by atoms with E-state index in [1.54, 1.807) is 47.4 Å². The molecule has 1 fully saturated rings. The van der Waals surface area contributed by atoms with Crippen LogP contribution in [0.2, 0.25) is 5.02 Å². The van der Waals surface area contributed by atoms with Gasteiger partial charge in [-0.15, -0.1) is 0 Å². The molecule has 0 aromatic heterocycles. The van der Waals surface area contributed by atoms with E-state index in [1.807, 2.05) is 0 Å². The first-order chi connectivity index (χ1) is 13.5. The number of likely N-dealkylation sites (tertiary alicyclic amines) is 1. The molecule has 6 nitrogen and oxygen atoms in total. The summed E-state index contributed by atoms with van der Waals surface area (Å²) in [5.41, 5.74) is 1.63. The number of carbonyl (C=O) groups is 3. The first-order valence-corrected chi connectivity index (χ1v) is 9.55. The molecular formula is C21H19ClN2O4. The Bertz CT molecular complexity index is 951. The second kappa shape index (κ2) is 7.64. The van der Waals surface area contributed by atoms with Gasteiger partial charge in [0.25, 0.3) is 11.8 Å². The summed E-state index contributed by atoms with van der Waals surface area (Å²) in [7, 11) is 0. The van der Waals surface area contributed by atoms with Gasteiger partial charge >= 0.3 is 0 Å². The van der Waals surface area contributed by atoms with Crippen LogP contribution in [0, 0.1) is 5.92 Å². The smallest absolute Gasteiger partial charge is 0.262 e. The quantitative estimate of drug-likeness (QED) is 0.804. The van der Waals surface area contributed by atoms with E-state index >= 15 is 0 Å². The zero-order valence-electron chi connectivity index (χ0n) is 15.1. The lowest BCUT2D eigenvalue weighted by molar-refractivity contribution is -0.118. The topological polar surface area (TPSA) is 75.7 Å². The predicted molar refractivity (Wildman–Crippen MR) is 105 cm³/mol. The number of nitrogens with zero attached hydrogens (tertiary/aromatic N) is 1. The zero-order chi connectivity index (χ0) is 19.7. The molecule has 2 aliphatic rings. The van der Waals surface area contributed by atoms with Gasteiger partial charge in [0.15, 0.2) is 12.4 Å². The van der Waals surface area contributed by atoms with Gasteiger partial charge in [0.05, 0.1) is 5.69 Å². The van der Waals surface area contributed by atoms with Crippen LogP contribution in [0.3, 0.4) is 0 Å². The van der Waals surface area contributed by atoms with Gasteiger partial charge < -0.3 is 15.0 Å². The molecule has 2 amide bonds. The number of hydrogen-bond acceptors (Lipinski definition) is 4. The normalized spacial score (nSPS) is 16.8. The lowest BCUT2D eigenvalue weighted by atomic mass is 9.88. The molecule has 2 aliphatic heterocycles. The third kappa shape index (κ3) is 3.73. The lowest BCUT2D eigenvalue weighted by Gasteiger charge is -2.31. The standard InChI is InChI=1S/C21H19ClN2O4/c22-16-3-1-2-15(10-16)21(27)24-8-6-13(7-9-24)20(26)14-4-5-18-17(11-14)23-19(25)12-28-18/h1-5,10-11,13H,6-9,12H2,(H,23,25). The van der Waals surface area contributed by atoms with E-state index in [9.17, 15) is 14.4 Å². The van der Waals surface area contributed by atoms with Crippen LogP contribution < -0.4 is 10.1 Å². The third-order valence-electron chi connectivity index (χ3n) is 5.12. The van der Waals surface area contributed by atoms with Crippen molar-refractivity contribution >= 4 is 34.9 Å². The van der Waals surface area contributed by atoms with E-state index in [1.165, 1.54) is 0 Å². The van der Waals surface area contributed by atoms with Crippen molar-refractivity contribution in [2.75, 3.05) is 25.0 Å². The Morgan fingerprint density at radius 3 is 2.61 bits per heavy atom. The van der Waals surface area contributed by atoms with Crippen molar-refractivity contribution in [3.63, 3.8) is 0 Å². The maximum Gasteiger partial charge on any atom is 0.262 e. The number of piperidine rings is 1. The second-order valence-electron chi connectivity index (χ2n) is 6.99. The van der Waals surface area contributed by atoms with E-state index < -0.39 is 0 Å². The molecule has 1 saturated heterocycles. The number of anilines is 1. The molecule has 0 bridgehead atoms. The number of ketones is 1. The summed E-state index contributed by atoms with van der Waals surface area (Å²) in [4.78, 5) is 38.7. The van der Waals surface area contributed by atoms with Crippen LogP contribution in [0.15, 0.2) is 42.5 Å². The number of carbonyl (C=O) groups excluding carboxylic acids is 3. The first kappa shape index (κ1) is 18.5. The number of ether oxygens (including phenoxy) is 1. The average Bonchev–Trinajstić information content (AvgIpc) is 2.72. The lowest BCUT2D eigenvalue weighted by Crippen LogP contribution is -2.40. The molecule has 0 radical (unpaired) electrons. The third-order valence-corrected chi connectivity index (χ3v) is 5.36. The van der Waals surface area contributed by atoms with Crippen LogP contribution in [-0.2, 0) is 4.79 Å². The minimum atomic E-state index is -0.232. The Labute approximate surface area is 167 Å². The Morgan fingerprint density at radius 2 is 1.86 bits per heavy atom. The largest absolute Gasteiger partial charge is 0.482 e. The van der Waals surface area contributed by atoms with Crippen LogP contribution in [-0.4, -0.2) is 42.2 Å². The van der Waals surface area contributed by atoms with Gasteiger partial charge in [-0.25, -0.2) is 0 Å². The van der Waals surface area contributed by atoms with Crippen molar-refractivity contribution in [3.8, 4) is 5.75 Å². The van der Waals surface area contributed by atoms with Crippen LogP contribution >= 0.6 is 11.6 Å². The number of hydrogen-bond donors (Lipinski definition) is 1. The minimum Gasteiger partial charge on any atom is -0.482 e. The molecule has 4 rings (SSSR count). The van der Waals surface area contributed by atoms with Crippen LogP contribution in [0.4, 0.5) is 5.69 Å². The molecule has 0 unspecified atom stereocenters. The maximum atomic E-state index is 12.9. The van der Waals surface area contributed by atoms with Crippen molar-refractivity contribution in [2.45, 2.75) is 12.8 Å². The Kier molecular flexibility index (Phi) is 5.05. The molecular weight excluding hydrogens is 380 g/mol. The molecule has 0 atom stereocenters. The molecule has 0 aliphatic carbocycles. The van der Waals surface area contributed by atoms with Crippen molar-refractivity contribution in [1.29, 1.82) is 0 Å². The minimum absolute atomic E-state index is 0.0145. The zero-order valence-corrected chi connectivity index (χ0v) is 15.9. The number of nitrogens with one attached hydrogen (secondary N) is 1. The van der Waals surface area contributed by atoms with Crippen molar-refractivity contribution in [2.24, 2.45) is 5.92 Å². The number of amides is 2. The van der Waals surface area contributed by atoms with E-state index in [0.717, 1.165) is 0 Å². The first-order valence-electron chi connectivity index (χ1n) is 9.17. The summed E-state index contributed by atoms with van der Waals surface area (Å²) in [6.07, 6.45) is 1.20. The molecule has 2 aromatic rings. The fourth-order valence-electron chi connectivity index (χ4n) is 3.62. The van der Waals surface area contributed by atoms with Crippen molar-refractivity contribution in [3.05, 3.63) is 58.6 Å². The Balaban J connectivity index is 1.41. The number of Topliss-reactive ketones (excluding diaryl/α,β-unsaturated/α-hetero) is 1. The molecule has 2 aromatic carbocycles. The molecule has 2 heterocycles. The highest BCUT2D eigenvalue weighted by Gasteiger charge is 2.29. The van der Waals surface area contributed by atoms with Crippen LogP contribution in [0.25, 0.3) is 0 Å². The number of rotatable bonds is 3. The highest BCUT2D eigenvalue weighted by molar-refractivity contribution is 6.30. The molecule has 0 spiro atoms. The van der Waals surface area contributed by atoms with Gasteiger partial charge in [0.1, 0.15) is 5.75 Å². The summed E-state index contributed by atoms with van der Waals surface area (Å²) in [5, 5.41) is 3.25. The highest BCUT2D eigenvalue weighted by atomic mass is 35.5. The summed E-state index contributed by atoms with van der Waals surface area (Å²) in [6, 6.07) is 12.0. The van der Waals surface area contributed by atoms with Gasteiger partial charge in [-0.3, -0.25) is 14.4 Å². The van der Waals surface area contributed by atoms with Crippen LogP contribution in [0.1, 0.15) is 33.6 Å². The van der Waals surface area contributed by atoms with Crippen molar-refractivity contribution in [1.82, 2.24) is 4.90 Å². The van der Waals surface area contributed by atoms with Gasteiger partial charge in [-0.2, -0.15) is 0 Å². The number of fused-ring (bicyclic) bond motifs is 1. The highest BCUT2D eigenvalue weighted by Crippen LogP contribution is 2.31. The summed E-state index contributed by atoms with van der Waals surface area (Å²) in [5.74, 6) is 0.143. The Hall–Kier alpha value is -2.86. The monoisotopic (exact) mass is 398 g/mol. The molecule has 0 saturated carbocycles. The Morgan fingerprint density at radius 1 is 1.07 bits per heavy atom. The van der Waals surface area contributed by atoms with Gasteiger partial charge in [-0.05, 0) is 49.2 Å². The summed E-state index contributed by atoms with van der Waals surface area (Å²) < 4.78 is 5.33. The number of halogens is 1. The van der Waals surface area contributed by atoms with E-state index in [-0.39, 0.29) is 30.1 Å². The molecule has 7 heteroatoms. The number of benzene rings is 2. The second-order valence-corrected chi connectivity index (χ2v) is 7.43. The molecule has 144 valence electrons. The fourth-order valence-corrected chi connectivity index (χ4v) is 3.81. The van der Waals surface area contributed by atoms with E-state index in [0.29, 0.717) is 53.5 Å². The maximum absolute atomic E-state index is 12.9. The SMILES string of the molecule is O=C1COc2ccc(C(=O)C3CCN(C(=O)c4cccc(Cl)c4)CC3)cc2N1. The molecule has 28 heavy (non-hydrogen) atoms. The molecule has 1 N–H and O–H groups in total. The summed E-state index contributed by atoms with van der Waals surface area (Å²) in [6.45, 7) is 1.03. The van der Waals surface area contributed by atoms with E-state index in [4.69, 9.17) is 16.3 Å². The van der Waals surface area contributed by atoms with Crippen LogP contribution in [0.5, 0.6) is 5.75 Å². The average molecular weight is 399 g/mol. The van der Waals surface area contributed by atoms with Gasteiger partial charge in [0.2, 0.25) is 0 Å². The fraction of sp³-hybridized carbons (Fsp3) is 0.286. The van der Waals surface area contributed by atoms with Crippen molar-refractivity contribution < 1.29 is 19.1 Å². The predicted octanol–water partition coefficient (Wildman–Crippen LogP) is 3.41. The van der Waals surface area contributed by atoms with Gasteiger partial charge in [-0.1, -0.05) is 17.7 Å². The van der Waals surface area contributed by atoms with Gasteiger partial charge in [0, 0.05) is 35.2 Å².